The molecule has 2 N–H and O–H groups in total. The molecule has 2 aromatic carbocycles. The van der Waals surface area contributed by atoms with Gasteiger partial charge in [-0.05, 0) is 58.9 Å². The molecule has 4 nitrogen and oxygen atoms in total. The van der Waals surface area contributed by atoms with E-state index in [1.807, 2.05) is 13.1 Å². The van der Waals surface area contributed by atoms with Crippen LogP contribution in [0.15, 0.2) is 51.8 Å². The van der Waals surface area contributed by atoms with E-state index in [9.17, 15) is 8.42 Å². The SMILES string of the molecule is CNCc1cccc(S(=O)(=O)Nc2ccc(Br)c(Cl)c2)c1. The first-order chi connectivity index (χ1) is 9.92. The molecular formula is C14H14BrClN2O2S. The van der Waals surface area contributed by atoms with E-state index in [2.05, 4.69) is 26.0 Å². The summed E-state index contributed by atoms with van der Waals surface area (Å²) in [5.74, 6) is 0. The van der Waals surface area contributed by atoms with Crippen molar-refractivity contribution < 1.29 is 8.42 Å². The van der Waals surface area contributed by atoms with Crippen molar-refractivity contribution in [3.8, 4) is 0 Å². The zero-order chi connectivity index (χ0) is 15.5. The van der Waals surface area contributed by atoms with Crippen LogP contribution in [0.4, 0.5) is 5.69 Å². The molecule has 0 aromatic heterocycles. The minimum atomic E-state index is -3.64. The Morgan fingerprint density at radius 2 is 1.95 bits per heavy atom. The lowest BCUT2D eigenvalue weighted by atomic mass is 10.2. The number of rotatable bonds is 5. The molecule has 0 unspecified atom stereocenters. The van der Waals surface area contributed by atoms with Gasteiger partial charge in [-0.15, -0.1) is 0 Å². The summed E-state index contributed by atoms with van der Waals surface area (Å²) >= 11 is 9.23. The van der Waals surface area contributed by atoms with E-state index in [1.54, 1.807) is 36.4 Å². The Kier molecular flexibility index (Phi) is 5.27. The van der Waals surface area contributed by atoms with E-state index in [0.29, 0.717) is 21.7 Å². The third-order valence-electron chi connectivity index (χ3n) is 2.76. The number of hydrogen-bond acceptors (Lipinski definition) is 3. The average Bonchev–Trinajstić information content (AvgIpc) is 2.43. The first-order valence-electron chi connectivity index (χ1n) is 6.14. The van der Waals surface area contributed by atoms with Crippen LogP contribution in [0.1, 0.15) is 5.56 Å². The molecular weight excluding hydrogens is 376 g/mol. The largest absolute Gasteiger partial charge is 0.316 e. The predicted octanol–water partition coefficient (Wildman–Crippen LogP) is 3.62. The van der Waals surface area contributed by atoms with E-state index in [4.69, 9.17) is 11.6 Å². The summed E-state index contributed by atoms with van der Waals surface area (Å²) in [5, 5.41) is 3.43. The van der Waals surface area contributed by atoms with Crippen LogP contribution in [0.2, 0.25) is 5.02 Å². The highest BCUT2D eigenvalue weighted by molar-refractivity contribution is 9.10. The lowest BCUT2D eigenvalue weighted by molar-refractivity contribution is 0.601. The van der Waals surface area contributed by atoms with Gasteiger partial charge in [0, 0.05) is 11.0 Å². The third-order valence-corrected chi connectivity index (χ3v) is 5.37. The topological polar surface area (TPSA) is 58.2 Å². The number of benzene rings is 2. The normalized spacial score (nSPS) is 11.4. The minimum Gasteiger partial charge on any atom is -0.316 e. The lowest BCUT2D eigenvalue weighted by Gasteiger charge is -2.10. The molecule has 0 fully saturated rings. The van der Waals surface area contributed by atoms with E-state index < -0.39 is 10.0 Å². The van der Waals surface area contributed by atoms with Crippen molar-refractivity contribution in [3.63, 3.8) is 0 Å². The van der Waals surface area contributed by atoms with Crippen LogP contribution >= 0.6 is 27.5 Å². The molecule has 0 bridgehead atoms. The molecule has 2 rings (SSSR count). The van der Waals surface area contributed by atoms with Gasteiger partial charge in [0.15, 0.2) is 0 Å². The molecule has 0 atom stereocenters. The van der Waals surface area contributed by atoms with Gasteiger partial charge in [0.2, 0.25) is 0 Å². The van der Waals surface area contributed by atoms with Crippen LogP contribution in [0.5, 0.6) is 0 Å². The molecule has 0 aliphatic rings. The third kappa shape index (κ3) is 4.20. The highest BCUT2D eigenvalue weighted by atomic mass is 79.9. The molecule has 0 saturated heterocycles. The van der Waals surface area contributed by atoms with Crippen LogP contribution in [-0.2, 0) is 16.6 Å². The molecule has 0 radical (unpaired) electrons. The number of anilines is 1. The molecule has 0 aliphatic heterocycles. The Morgan fingerprint density at radius 1 is 1.19 bits per heavy atom. The fourth-order valence-corrected chi connectivity index (χ4v) is 3.35. The van der Waals surface area contributed by atoms with E-state index in [0.717, 1.165) is 5.56 Å². The van der Waals surface area contributed by atoms with Crippen molar-refractivity contribution >= 4 is 43.2 Å². The summed E-state index contributed by atoms with van der Waals surface area (Å²) in [6.07, 6.45) is 0. The van der Waals surface area contributed by atoms with Crippen molar-refractivity contribution in [1.82, 2.24) is 5.32 Å². The molecule has 2 aromatic rings. The highest BCUT2D eigenvalue weighted by Gasteiger charge is 2.15. The van der Waals surface area contributed by atoms with Crippen molar-refractivity contribution in [1.29, 1.82) is 0 Å². The summed E-state index contributed by atoms with van der Waals surface area (Å²) < 4.78 is 28.0. The van der Waals surface area contributed by atoms with Crippen LogP contribution in [0.3, 0.4) is 0 Å². The molecule has 0 amide bonds. The zero-order valence-electron chi connectivity index (χ0n) is 11.2. The Bertz CT molecular complexity index is 750. The van der Waals surface area contributed by atoms with Crippen LogP contribution in [-0.4, -0.2) is 15.5 Å². The van der Waals surface area contributed by atoms with Gasteiger partial charge in [0.1, 0.15) is 0 Å². The Hall–Kier alpha value is -1.08. The first-order valence-corrected chi connectivity index (χ1v) is 8.79. The van der Waals surface area contributed by atoms with E-state index in [-0.39, 0.29) is 4.90 Å². The summed E-state index contributed by atoms with van der Waals surface area (Å²) in [6.45, 7) is 0.605. The fraction of sp³-hybridized carbons (Fsp3) is 0.143. The maximum atomic E-state index is 12.4. The standard InChI is InChI=1S/C14H14BrClN2O2S/c1-17-9-10-3-2-4-12(7-10)21(19,20)18-11-5-6-13(15)14(16)8-11/h2-8,17-18H,9H2,1H3. The molecule has 0 saturated carbocycles. The van der Waals surface area contributed by atoms with Crippen molar-refractivity contribution in [3.05, 3.63) is 57.5 Å². The predicted molar refractivity (Wildman–Crippen MR) is 89.2 cm³/mol. The Morgan fingerprint density at radius 3 is 2.62 bits per heavy atom. The van der Waals surface area contributed by atoms with Crippen LogP contribution in [0.25, 0.3) is 0 Å². The van der Waals surface area contributed by atoms with Crippen molar-refractivity contribution in [2.75, 3.05) is 11.8 Å². The average molecular weight is 390 g/mol. The molecule has 21 heavy (non-hydrogen) atoms. The van der Waals surface area contributed by atoms with Gasteiger partial charge in [-0.2, -0.15) is 0 Å². The quantitative estimate of drug-likeness (QED) is 0.821. The second-order valence-electron chi connectivity index (χ2n) is 4.41. The maximum absolute atomic E-state index is 12.4. The first kappa shape index (κ1) is 16.3. The smallest absolute Gasteiger partial charge is 0.261 e. The van der Waals surface area contributed by atoms with E-state index in [1.165, 1.54) is 0 Å². The number of sulfonamides is 1. The number of halogens is 2. The van der Waals surface area contributed by atoms with Gasteiger partial charge in [-0.25, -0.2) is 8.42 Å². The molecule has 7 heteroatoms. The van der Waals surface area contributed by atoms with Gasteiger partial charge < -0.3 is 5.32 Å². The second kappa shape index (κ2) is 6.79. The minimum absolute atomic E-state index is 0.217. The van der Waals surface area contributed by atoms with Gasteiger partial charge in [0.05, 0.1) is 15.6 Å². The van der Waals surface area contributed by atoms with Gasteiger partial charge in [0.25, 0.3) is 10.0 Å². The van der Waals surface area contributed by atoms with Gasteiger partial charge >= 0.3 is 0 Å². The molecule has 112 valence electrons. The van der Waals surface area contributed by atoms with Crippen molar-refractivity contribution in [2.24, 2.45) is 0 Å². The monoisotopic (exact) mass is 388 g/mol. The lowest BCUT2D eigenvalue weighted by Crippen LogP contribution is -2.14. The summed E-state index contributed by atoms with van der Waals surface area (Å²) in [6, 6.07) is 11.7. The van der Waals surface area contributed by atoms with Crippen LogP contribution in [0, 0.1) is 0 Å². The fourth-order valence-electron chi connectivity index (χ4n) is 1.80. The zero-order valence-corrected chi connectivity index (χ0v) is 14.4. The number of hydrogen-bond donors (Lipinski definition) is 2. The van der Waals surface area contributed by atoms with Gasteiger partial charge in [-0.3, -0.25) is 4.72 Å². The van der Waals surface area contributed by atoms with Crippen molar-refractivity contribution in [2.45, 2.75) is 11.4 Å². The second-order valence-corrected chi connectivity index (χ2v) is 7.36. The summed E-state index contributed by atoms with van der Waals surface area (Å²) in [4.78, 5) is 0.217. The van der Waals surface area contributed by atoms with Crippen LogP contribution < -0.4 is 10.0 Å². The number of nitrogens with one attached hydrogen (secondary N) is 2. The maximum Gasteiger partial charge on any atom is 0.261 e. The highest BCUT2D eigenvalue weighted by Crippen LogP contribution is 2.27. The Labute approximate surface area is 137 Å². The van der Waals surface area contributed by atoms with E-state index >= 15 is 0 Å². The Balaban J connectivity index is 2.29. The molecule has 0 spiro atoms. The van der Waals surface area contributed by atoms with Gasteiger partial charge in [-0.1, -0.05) is 23.7 Å². The molecule has 0 heterocycles. The summed E-state index contributed by atoms with van der Waals surface area (Å²) in [7, 11) is -1.83. The summed E-state index contributed by atoms with van der Waals surface area (Å²) in [5.41, 5.74) is 1.32. The molecule has 0 aliphatic carbocycles.